The number of anilines is 1. The molecule has 0 saturated carbocycles. The minimum Gasteiger partial charge on any atom is -0.492 e. The van der Waals surface area contributed by atoms with Crippen LogP contribution in [0, 0.1) is 0 Å². The van der Waals surface area contributed by atoms with Crippen molar-refractivity contribution in [3.63, 3.8) is 0 Å². The molecule has 3 amide bonds. The molecule has 0 aromatic heterocycles. The Balaban J connectivity index is 1.95. The van der Waals surface area contributed by atoms with Crippen LogP contribution in [0.2, 0.25) is 5.02 Å². The zero-order valence-corrected chi connectivity index (χ0v) is 16.4. The van der Waals surface area contributed by atoms with Crippen molar-refractivity contribution in [2.24, 2.45) is 0 Å². The summed E-state index contributed by atoms with van der Waals surface area (Å²) in [6.07, 6.45) is 0. The van der Waals surface area contributed by atoms with Gasteiger partial charge in [-0.15, -0.1) is 0 Å². The SMILES string of the molecule is CC(C)NC(=O)Nc1ccccc1C(=O)N(C)CCOc1ccc(Cl)cc1. The lowest BCUT2D eigenvalue weighted by Crippen LogP contribution is -2.35. The number of likely N-dealkylation sites (N-methyl/N-ethyl adjacent to an activating group) is 1. The predicted molar refractivity (Wildman–Crippen MR) is 108 cm³/mol. The number of amides is 3. The van der Waals surface area contributed by atoms with Gasteiger partial charge in [-0.05, 0) is 50.2 Å². The molecule has 27 heavy (non-hydrogen) atoms. The summed E-state index contributed by atoms with van der Waals surface area (Å²) in [6, 6.07) is 13.6. The van der Waals surface area contributed by atoms with Crippen LogP contribution >= 0.6 is 11.6 Å². The second kappa shape index (κ2) is 9.83. The second-order valence-corrected chi connectivity index (χ2v) is 6.76. The monoisotopic (exact) mass is 389 g/mol. The Hall–Kier alpha value is -2.73. The highest BCUT2D eigenvalue weighted by Crippen LogP contribution is 2.18. The number of carbonyl (C=O) groups excluding carboxylic acids is 2. The quantitative estimate of drug-likeness (QED) is 0.751. The molecule has 0 saturated heterocycles. The number of ether oxygens (including phenoxy) is 1. The first-order valence-electron chi connectivity index (χ1n) is 8.67. The van der Waals surface area contributed by atoms with Gasteiger partial charge in [-0.3, -0.25) is 4.79 Å². The number of carbonyl (C=O) groups is 2. The molecule has 0 aliphatic carbocycles. The molecule has 0 atom stereocenters. The van der Waals surface area contributed by atoms with Crippen molar-refractivity contribution in [3.05, 3.63) is 59.1 Å². The number of nitrogens with zero attached hydrogens (tertiary/aromatic N) is 1. The third kappa shape index (κ3) is 6.49. The molecule has 0 aliphatic heterocycles. The van der Waals surface area contributed by atoms with E-state index >= 15 is 0 Å². The second-order valence-electron chi connectivity index (χ2n) is 6.33. The van der Waals surface area contributed by atoms with E-state index in [0.29, 0.717) is 35.2 Å². The van der Waals surface area contributed by atoms with Gasteiger partial charge in [0.1, 0.15) is 12.4 Å². The van der Waals surface area contributed by atoms with E-state index in [-0.39, 0.29) is 18.0 Å². The Kier molecular flexibility index (Phi) is 7.49. The van der Waals surface area contributed by atoms with E-state index in [1.165, 1.54) is 0 Å². The normalized spacial score (nSPS) is 10.4. The van der Waals surface area contributed by atoms with E-state index in [0.717, 1.165) is 0 Å². The summed E-state index contributed by atoms with van der Waals surface area (Å²) in [5, 5.41) is 6.10. The van der Waals surface area contributed by atoms with Gasteiger partial charge < -0.3 is 20.3 Å². The molecule has 0 spiro atoms. The van der Waals surface area contributed by atoms with Gasteiger partial charge in [-0.1, -0.05) is 23.7 Å². The van der Waals surface area contributed by atoms with Crippen molar-refractivity contribution in [1.29, 1.82) is 0 Å². The van der Waals surface area contributed by atoms with Gasteiger partial charge in [-0.2, -0.15) is 0 Å². The lowest BCUT2D eigenvalue weighted by atomic mass is 10.1. The lowest BCUT2D eigenvalue weighted by Gasteiger charge is -2.20. The van der Waals surface area contributed by atoms with E-state index in [2.05, 4.69) is 10.6 Å². The first-order chi connectivity index (χ1) is 12.9. The zero-order chi connectivity index (χ0) is 19.8. The minimum absolute atomic E-state index is 0.000513. The number of para-hydroxylation sites is 1. The number of nitrogens with one attached hydrogen (secondary N) is 2. The van der Waals surface area contributed by atoms with Gasteiger partial charge in [-0.25, -0.2) is 4.79 Å². The molecule has 0 unspecified atom stereocenters. The smallest absolute Gasteiger partial charge is 0.319 e. The third-order valence-corrected chi connectivity index (χ3v) is 3.93. The molecule has 0 bridgehead atoms. The summed E-state index contributed by atoms with van der Waals surface area (Å²) in [6.45, 7) is 4.47. The van der Waals surface area contributed by atoms with Crippen molar-refractivity contribution in [2.45, 2.75) is 19.9 Å². The summed E-state index contributed by atoms with van der Waals surface area (Å²) >= 11 is 5.84. The molecule has 2 aromatic rings. The van der Waals surface area contributed by atoms with E-state index < -0.39 is 0 Å². The maximum absolute atomic E-state index is 12.7. The molecule has 2 rings (SSSR count). The maximum atomic E-state index is 12.7. The summed E-state index contributed by atoms with van der Waals surface area (Å²) in [4.78, 5) is 26.2. The fraction of sp³-hybridized carbons (Fsp3) is 0.300. The molecule has 144 valence electrons. The molecule has 7 heteroatoms. The standard InChI is InChI=1S/C20H24ClN3O3/c1-14(2)22-20(26)23-18-7-5-4-6-17(18)19(25)24(3)12-13-27-16-10-8-15(21)9-11-16/h4-11,14H,12-13H2,1-3H3,(H2,22,23,26). The van der Waals surface area contributed by atoms with Crippen LogP contribution in [-0.2, 0) is 0 Å². The molecule has 0 heterocycles. The van der Waals surface area contributed by atoms with Crippen LogP contribution in [0.25, 0.3) is 0 Å². The van der Waals surface area contributed by atoms with Crippen LogP contribution in [0.4, 0.5) is 10.5 Å². The highest BCUT2D eigenvalue weighted by atomic mass is 35.5. The number of urea groups is 1. The van der Waals surface area contributed by atoms with E-state index in [1.54, 1.807) is 60.5 Å². The summed E-state index contributed by atoms with van der Waals surface area (Å²) in [5.41, 5.74) is 0.886. The average molecular weight is 390 g/mol. The molecular formula is C20H24ClN3O3. The van der Waals surface area contributed by atoms with Crippen molar-refractivity contribution in [3.8, 4) is 5.75 Å². The van der Waals surface area contributed by atoms with Crippen LogP contribution in [0.1, 0.15) is 24.2 Å². The largest absolute Gasteiger partial charge is 0.492 e. The predicted octanol–water partition coefficient (Wildman–Crippen LogP) is 4.02. The average Bonchev–Trinajstić information content (AvgIpc) is 2.62. The Bertz CT molecular complexity index is 778. The van der Waals surface area contributed by atoms with Crippen LogP contribution in [0.15, 0.2) is 48.5 Å². The van der Waals surface area contributed by atoms with E-state index in [4.69, 9.17) is 16.3 Å². The summed E-state index contributed by atoms with van der Waals surface area (Å²) in [5.74, 6) is 0.489. The molecular weight excluding hydrogens is 366 g/mol. The van der Waals surface area contributed by atoms with Crippen LogP contribution < -0.4 is 15.4 Å². The van der Waals surface area contributed by atoms with Crippen molar-refractivity contribution in [1.82, 2.24) is 10.2 Å². The minimum atomic E-state index is -0.348. The topological polar surface area (TPSA) is 70.7 Å². The Morgan fingerprint density at radius 1 is 1.11 bits per heavy atom. The van der Waals surface area contributed by atoms with Crippen LogP contribution in [0.5, 0.6) is 5.75 Å². The molecule has 0 aliphatic rings. The summed E-state index contributed by atoms with van der Waals surface area (Å²) < 4.78 is 5.62. The van der Waals surface area contributed by atoms with E-state index in [1.807, 2.05) is 13.8 Å². The van der Waals surface area contributed by atoms with Gasteiger partial charge in [0.25, 0.3) is 5.91 Å². The third-order valence-electron chi connectivity index (χ3n) is 3.68. The first kappa shape index (κ1) is 20.6. The Labute approximate surface area is 164 Å². The van der Waals surface area contributed by atoms with Crippen LogP contribution in [0.3, 0.4) is 0 Å². The summed E-state index contributed by atoms with van der Waals surface area (Å²) in [7, 11) is 1.69. The molecule has 0 radical (unpaired) electrons. The van der Waals surface area contributed by atoms with Crippen molar-refractivity contribution >= 4 is 29.2 Å². The number of hydrogen-bond donors (Lipinski definition) is 2. The van der Waals surface area contributed by atoms with Crippen molar-refractivity contribution < 1.29 is 14.3 Å². The molecule has 2 aromatic carbocycles. The van der Waals surface area contributed by atoms with Gasteiger partial charge in [0.15, 0.2) is 0 Å². The highest BCUT2D eigenvalue weighted by molar-refractivity contribution is 6.30. The Morgan fingerprint density at radius 2 is 1.78 bits per heavy atom. The molecule has 6 nitrogen and oxygen atoms in total. The first-order valence-corrected chi connectivity index (χ1v) is 9.05. The molecule has 0 fully saturated rings. The zero-order valence-electron chi connectivity index (χ0n) is 15.7. The van der Waals surface area contributed by atoms with Crippen LogP contribution in [-0.4, -0.2) is 43.1 Å². The van der Waals surface area contributed by atoms with E-state index in [9.17, 15) is 9.59 Å². The molecule has 2 N–H and O–H groups in total. The highest BCUT2D eigenvalue weighted by Gasteiger charge is 2.17. The lowest BCUT2D eigenvalue weighted by molar-refractivity contribution is 0.0775. The Morgan fingerprint density at radius 3 is 2.44 bits per heavy atom. The van der Waals surface area contributed by atoms with Gasteiger partial charge in [0, 0.05) is 18.1 Å². The van der Waals surface area contributed by atoms with Gasteiger partial charge >= 0.3 is 6.03 Å². The number of halogens is 1. The van der Waals surface area contributed by atoms with Gasteiger partial charge in [0.05, 0.1) is 17.8 Å². The number of rotatable bonds is 7. The maximum Gasteiger partial charge on any atom is 0.319 e. The fourth-order valence-electron chi connectivity index (χ4n) is 2.34. The van der Waals surface area contributed by atoms with Crippen molar-refractivity contribution in [2.75, 3.05) is 25.5 Å². The number of hydrogen-bond acceptors (Lipinski definition) is 3. The van der Waals surface area contributed by atoms with Gasteiger partial charge in [0.2, 0.25) is 0 Å². The number of benzene rings is 2. The fourth-order valence-corrected chi connectivity index (χ4v) is 2.46.